The number of carbonyl (C=O) groups is 2. The lowest BCUT2D eigenvalue weighted by Gasteiger charge is -2.44. The van der Waals surface area contributed by atoms with E-state index < -0.39 is 23.4 Å². The molecule has 0 aromatic heterocycles. The minimum absolute atomic E-state index is 0.258. The topological polar surface area (TPSA) is 59.1 Å². The Morgan fingerprint density at radius 3 is 1.79 bits per heavy atom. The van der Waals surface area contributed by atoms with Gasteiger partial charge in [0.1, 0.15) is 11.2 Å². The van der Waals surface area contributed by atoms with Crippen molar-refractivity contribution in [3.05, 3.63) is 12.3 Å². The van der Waals surface area contributed by atoms with Crippen molar-refractivity contribution in [2.45, 2.75) is 52.7 Å². The minimum Gasteiger partial charge on any atom is -0.442 e. The van der Waals surface area contributed by atoms with Crippen molar-refractivity contribution in [1.82, 2.24) is 10.0 Å². The molecule has 1 saturated heterocycles. The number of hydrogen-bond acceptors (Lipinski definition) is 4. The van der Waals surface area contributed by atoms with Crippen LogP contribution in [0, 0.1) is 0 Å². The average Bonchev–Trinajstić information content (AvgIpc) is 2.06. The highest BCUT2D eigenvalue weighted by atomic mass is 16.6. The van der Waals surface area contributed by atoms with Gasteiger partial charge in [0.2, 0.25) is 0 Å². The summed E-state index contributed by atoms with van der Waals surface area (Å²) in [6.45, 7) is 14.5. The van der Waals surface area contributed by atoms with E-state index in [1.165, 1.54) is 5.01 Å². The summed E-state index contributed by atoms with van der Waals surface area (Å²) < 4.78 is 10.4. The molecule has 1 rings (SSSR count). The third-order valence-electron chi connectivity index (χ3n) is 2.04. The molecule has 6 heteroatoms. The normalized spacial score (nSPS) is 16.0. The van der Waals surface area contributed by atoms with Crippen LogP contribution in [0.5, 0.6) is 0 Å². The molecule has 108 valence electrons. The van der Waals surface area contributed by atoms with Gasteiger partial charge in [-0.1, -0.05) is 6.58 Å². The molecule has 0 saturated carbocycles. The number of hydrazine groups is 1. The fourth-order valence-electron chi connectivity index (χ4n) is 1.40. The molecule has 0 unspecified atom stereocenters. The highest BCUT2D eigenvalue weighted by Gasteiger charge is 2.42. The summed E-state index contributed by atoms with van der Waals surface area (Å²) in [5.41, 5.74) is -0.750. The molecule has 6 nitrogen and oxygen atoms in total. The third-order valence-corrected chi connectivity index (χ3v) is 2.04. The molecule has 0 aliphatic carbocycles. The van der Waals surface area contributed by atoms with Gasteiger partial charge in [0.15, 0.2) is 0 Å². The molecule has 2 amide bonds. The van der Waals surface area contributed by atoms with Crippen LogP contribution < -0.4 is 0 Å². The number of amides is 2. The highest BCUT2D eigenvalue weighted by Crippen LogP contribution is 2.26. The lowest BCUT2D eigenvalue weighted by Crippen LogP contribution is -2.61. The minimum atomic E-state index is -0.632. The van der Waals surface area contributed by atoms with E-state index in [9.17, 15) is 9.59 Å². The Morgan fingerprint density at radius 1 is 1.00 bits per heavy atom. The Kier molecular flexibility index (Phi) is 3.84. The van der Waals surface area contributed by atoms with Crippen molar-refractivity contribution >= 4 is 12.2 Å². The maximum absolute atomic E-state index is 11.9. The van der Waals surface area contributed by atoms with Crippen LogP contribution in [-0.4, -0.2) is 40.0 Å². The van der Waals surface area contributed by atoms with E-state index in [-0.39, 0.29) is 6.54 Å². The Labute approximate surface area is 113 Å². The van der Waals surface area contributed by atoms with E-state index in [4.69, 9.17) is 9.47 Å². The Balaban J connectivity index is 2.70. The van der Waals surface area contributed by atoms with Gasteiger partial charge in [-0.3, -0.25) is 0 Å². The predicted octanol–water partition coefficient (Wildman–Crippen LogP) is 2.90. The van der Waals surface area contributed by atoms with E-state index in [2.05, 4.69) is 6.58 Å². The molecular weight excluding hydrogens is 248 g/mol. The maximum atomic E-state index is 11.9. The summed E-state index contributed by atoms with van der Waals surface area (Å²) in [6, 6.07) is 0. The number of nitrogens with zero attached hydrogens (tertiary/aromatic N) is 2. The zero-order valence-corrected chi connectivity index (χ0v) is 12.4. The monoisotopic (exact) mass is 270 g/mol. The lowest BCUT2D eigenvalue weighted by molar-refractivity contribution is -0.0795. The van der Waals surface area contributed by atoms with Crippen LogP contribution in [0.4, 0.5) is 9.59 Å². The maximum Gasteiger partial charge on any atom is 0.434 e. The molecular formula is C13H22N2O4. The average molecular weight is 270 g/mol. The quantitative estimate of drug-likeness (QED) is 0.679. The fraction of sp³-hybridized carbons (Fsp3) is 0.692. The van der Waals surface area contributed by atoms with Gasteiger partial charge in [-0.05, 0) is 41.5 Å². The van der Waals surface area contributed by atoms with Gasteiger partial charge in [0, 0.05) is 0 Å². The molecule has 0 bridgehead atoms. The molecule has 0 aromatic carbocycles. The predicted molar refractivity (Wildman–Crippen MR) is 70.2 cm³/mol. The molecule has 1 heterocycles. The SMILES string of the molecule is C=C1CN(C(=O)OC(C)(C)C)N1C(=O)OC(C)(C)C. The second-order valence-corrected chi connectivity index (χ2v) is 6.40. The zero-order valence-electron chi connectivity index (χ0n) is 12.4. The number of rotatable bonds is 0. The lowest BCUT2D eigenvalue weighted by atomic mass is 10.2. The van der Waals surface area contributed by atoms with Gasteiger partial charge in [-0.2, -0.15) is 5.01 Å². The van der Waals surface area contributed by atoms with Gasteiger partial charge in [0.05, 0.1) is 12.2 Å². The first kappa shape index (κ1) is 15.3. The first-order chi connectivity index (χ1) is 8.41. The number of carbonyl (C=O) groups excluding carboxylic acids is 2. The number of ether oxygens (including phenoxy) is 2. The van der Waals surface area contributed by atoms with Crippen LogP contribution in [-0.2, 0) is 9.47 Å². The summed E-state index contributed by atoms with van der Waals surface area (Å²) in [6.07, 6.45) is -1.22. The molecule has 0 spiro atoms. The number of hydrogen-bond donors (Lipinski definition) is 0. The van der Waals surface area contributed by atoms with Crippen molar-refractivity contribution in [3.63, 3.8) is 0 Å². The van der Waals surface area contributed by atoms with Crippen molar-refractivity contribution in [2.24, 2.45) is 0 Å². The highest BCUT2D eigenvalue weighted by molar-refractivity contribution is 5.79. The summed E-state index contributed by atoms with van der Waals surface area (Å²) in [5, 5.41) is 2.26. The van der Waals surface area contributed by atoms with Gasteiger partial charge in [-0.25, -0.2) is 14.6 Å². The summed E-state index contributed by atoms with van der Waals surface area (Å²) in [4.78, 5) is 23.8. The first-order valence-corrected chi connectivity index (χ1v) is 6.12. The largest absolute Gasteiger partial charge is 0.442 e. The van der Waals surface area contributed by atoms with Gasteiger partial charge in [0.25, 0.3) is 0 Å². The fourth-order valence-corrected chi connectivity index (χ4v) is 1.40. The first-order valence-electron chi connectivity index (χ1n) is 6.12. The standard InChI is InChI=1S/C13H22N2O4/c1-9-8-14(10(16)18-12(2,3)4)15(9)11(17)19-13(5,6)7/h1,8H2,2-7H3. The Bertz CT molecular complexity index is 404. The van der Waals surface area contributed by atoms with Crippen LogP contribution in [0.3, 0.4) is 0 Å². The van der Waals surface area contributed by atoms with Crippen LogP contribution in [0.25, 0.3) is 0 Å². The molecule has 1 fully saturated rings. The van der Waals surface area contributed by atoms with E-state index in [0.717, 1.165) is 5.01 Å². The molecule has 0 N–H and O–H groups in total. The van der Waals surface area contributed by atoms with E-state index in [0.29, 0.717) is 5.70 Å². The summed E-state index contributed by atoms with van der Waals surface area (Å²) in [7, 11) is 0. The van der Waals surface area contributed by atoms with E-state index >= 15 is 0 Å². The van der Waals surface area contributed by atoms with Crippen LogP contribution in [0.15, 0.2) is 12.3 Å². The smallest absolute Gasteiger partial charge is 0.434 e. The third kappa shape index (κ3) is 4.15. The van der Waals surface area contributed by atoms with Crippen LogP contribution in [0.1, 0.15) is 41.5 Å². The van der Waals surface area contributed by atoms with Gasteiger partial charge >= 0.3 is 12.2 Å². The van der Waals surface area contributed by atoms with E-state index in [1.807, 2.05) is 0 Å². The summed E-state index contributed by atoms with van der Waals surface area (Å²) >= 11 is 0. The van der Waals surface area contributed by atoms with Gasteiger partial charge in [-0.15, -0.1) is 0 Å². The molecule has 0 aromatic rings. The molecule has 1 aliphatic heterocycles. The second kappa shape index (κ2) is 4.75. The van der Waals surface area contributed by atoms with Gasteiger partial charge < -0.3 is 9.47 Å². The second-order valence-electron chi connectivity index (χ2n) is 6.40. The Hall–Kier alpha value is -1.72. The van der Waals surface area contributed by atoms with Crippen LogP contribution in [0.2, 0.25) is 0 Å². The molecule has 0 radical (unpaired) electrons. The molecule has 0 atom stereocenters. The van der Waals surface area contributed by atoms with Crippen molar-refractivity contribution < 1.29 is 19.1 Å². The van der Waals surface area contributed by atoms with Crippen molar-refractivity contribution in [3.8, 4) is 0 Å². The van der Waals surface area contributed by atoms with Crippen LogP contribution >= 0.6 is 0 Å². The summed E-state index contributed by atoms with van der Waals surface area (Å²) in [5.74, 6) is 0. The van der Waals surface area contributed by atoms with Crippen molar-refractivity contribution in [2.75, 3.05) is 6.54 Å². The molecule has 1 aliphatic rings. The van der Waals surface area contributed by atoms with E-state index in [1.54, 1.807) is 41.5 Å². The van der Waals surface area contributed by atoms with Crippen molar-refractivity contribution in [1.29, 1.82) is 0 Å². The zero-order chi connectivity index (χ0) is 15.0. The molecule has 19 heavy (non-hydrogen) atoms. The Morgan fingerprint density at radius 2 is 1.42 bits per heavy atom.